The number of carbonyl (C=O) groups is 1. The van der Waals surface area contributed by atoms with Gasteiger partial charge in [0.2, 0.25) is 17.6 Å². The largest absolute Gasteiger partial charge is 0.416 e. The second-order valence-electron chi connectivity index (χ2n) is 7.01. The highest BCUT2D eigenvalue weighted by Crippen LogP contribution is 2.33. The molecular weight excluding hydrogens is 389 g/mol. The first kappa shape index (κ1) is 19.2. The van der Waals surface area contributed by atoms with Crippen molar-refractivity contribution in [2.75, 3.05) is 13.1 Å². The fourth-order valence-electron chi connectivity index (χ4n) is 3.21. The summed E-state index contributed by atoms with van der Waals surface area (Å²) in [6.45, 7) is 4.36. The summed E-state index contributed by atoms with van der Waals surface area (Å²) in [4.78, 5) is 18.3. The molecule has 1 fully saturated rings. The average molecular weight is 406 g/mol. The van der Waals surface area contributed by atoms with Crippen LogP contribution in [0, 0.1) is 13.8 Å². The van der Waals surface area contributed by atoms with E-state index in [1.54, 1.807) is 18.7 Å². The number of aryl methyl sites for hydroxylation is 2. The van der Waals surface area contributed by atoms with Gasteiger partial charge in [-0.15, -0.1) is 0 Å². The lowest BCUT2D eigenvalue weighted by molar-refractivity contribution is -0.137. The van der Waals surface area contributed by atoms with Crippen LogP contribution in [0.4, 0.5) is 13.2 Å². The van der Waals surface area contributed by atoms with Crippen molar-refractivity contribution in [1.82, 2.24) is 20.2 Å². The van der Waals surface area contributed by atoms with Gasteiger partial charge in [-0.3, -0.25) is 4.79 Å². The first-order chi connectivity index (χ1) is 13.7. The van der Waals surface area contributed by atoms with E-state index >= 15 is 0 Å². The zero-order chi connectivity index (χ0) is 20.8. The van der Waals surface area contributed by atoms with Crippen LogP contribution in [0.15, 0.2) is 33.3 Å². The van der Waals surface area contributed by atoms with Crippen LogP contribution in [0.5, 0.6) is 0 Å². The third-order valence-corrected chi connectivity index (χ3v) is 4.98. The van der Waals surface area contributed by atoms with Crippen molar-refractivity contribution in [3.05, 3.63) is 52.7 Å². The van der Waals surface area contributed by atoms with E-state index < -0.39 is 11.7 Å². The molecular formula is C19H17F3N4O3. The number of benzene rings is 1. The number of hydrogen-bond donors (Lipinski definition) is 0. The molecule has 1 aliphatic rings. The molecule has 3 heterocycles. The summed E-state index contributed by atoms with van der Waals surface area (Å²) in [5, 5.41) is 7.63. The Kier molecular flexibility index (Phi) is 4.64. The van der Waals surface area contributed by atoms with Gasteiger partial charge in [-0.2, -0.15) is 18.2 Å². The van der Waals surface area contributed by atoms with Crippen LogP contribution in [-0.2, 0) is 17.4 Å². The van der Waals surface area contributed by atoms with E-state index in [1.165, 1.54) is 12.1 Å². The molecule has 0 saturated carbocycles. The van der Waals surface area contributed by atoms with Crippen molar-refractivity contribution in [2.24, 2.45) is 0 Å². The Morgan fingerprint density at radius 1 is 1.21 bits per heavy atom. The van der Waals surface area contributed by atoms with Gasteiger partial charge in [-0.1, -0.05) is 22.4 Å². The van der Waals surface area contributed by atoms with Crippen molar-refractivity contribution in [1.29, 1.82) is 0 Å². The predicted molar refractivity (Wildman–Crippen MR) is 93.7 cm³/mol. The lowest BCUT2D eigenvalue weighted by Gasteiger charge is -2.37. The topological polar surface area (TPSA) is 85.3 Å². The van der Waals surface area contributed by atoms with Crippen molar-refractivity contribution < 1.29 is 27.0 Å². The molecule has 3 aromatic rings. The highest BCUT2D eigenvalue weighted by atomic mass is 19.4. The molecule has 4 rings (SSSR count). The molecule has 0 spiro atoms. The summed E-state index contributed by atoms with van der Waals surface area (Å²) in [5.74, 6) is 0.810. The Labute approximate surface area is 163 Å². The van der Waals surface area contributed by atoms with Crippen LogP contribution in [0.2, 0.25) is 0 Å². The fourth-order valence-corrected chi connectivity index (χ4v) is 3.21. The number of nitrogens with zero attached hydrogens (tertiary/aromatic N) is 4. The van der Waals surface area contributed by atoms with Crippen LogP contribution in [-0.4, -0.2) is 39.2 Å². The summed E-state index contributed by atoms with van der Waals surface area (Å²) >= 11 is 0. The molecule has 1 aromatic carbocycles. The molecule has 7 nitrogen and oxygen atoms in total. The van der Waals surface area contributed by atoms with Crippen LogP contribution in [0.3, 0.4) is 0 Å². The number of likely N-dealkylation sites (tertiary alicyclic amines) is 1. The van der Waals surface area contributed by atoms with Gasteiger partial charge in [0.1, 0.15) is 5.76 Å². The molecule has 0 aliphatic carbocycles. The number of hydrogen-bond acceptors (Lipinski definition) is 6. The lowest BCUT2D eigenvalue weighted by atomic mass is 9.98. The maximum atomic E-state index is 12.9. The van der Waals surface area contributed by atoms with E-state index in [4.69, 9.17) is 9.05 Å². The van der Waals surface area contributed by atoms with Gasteiger partial charge in [-0.25, -0.2) is 0 Å². The van der Waals surface area contributed by atoms with Crippen LogP contribution in [0.1, 0.15) is 34.4 Å². The van der Waals surface area contributed by atoms with Gasteiger partial charge in [-0.05, 0) is 26.0 Å². The number of alkyl halides is 3. The lowest BCUT2D eigenvalue weighted by Crippen LogP contribution is -2.49. The van der Waals surface area contributed by atoms with E-state index in [2.05, 4.69) is 15.3 Å². The standard InChI is InChI=1S/C19H17F3N4O3/c1-10-15(11(2)28-24-10)7-16(27)26-8-13(9-26)18-23-17(25-29-18)12-4-3-5-14(6-12)19(20,21)22/h3-6,13H,7-9H2,1-2H3. The SMILES string of the molecule is Cc1noc(C)c1CC(=O)N1CC(c2nc(-c3cccc(C(F)(F)F)c3)no2)C1. The van der Waals surface area contributed by atoms with E-state index in [1.807, 2.05) is 0 Å². The maximum Gasteiger partial charge on any atom is 0.416 e. The summed E-state index contributed by atoms with van der Waals surface area (Å²) in [5.41, 5.74) is 0.917. The minimum Gasteiger partial charge on any atom is -0.361 e. The molecule has 0 N–H and O–H groups in total. The smallest absolute Gasteiger partial charge is 0.361 e. The third kappa shape index (κ3) is 3.74. The van der Waals surface area contributed by atoms with E-state index in [0.29, 0.717) is 30.4 Å². The zero-order valence-electron chi connectivity index (χ0n) is 15.7. The van der Waals surface area contributed by atoms with Gasteiger partial charge in [0.05, 0.1) is 23.6 Å². The molecule has 0 atom stereocenters. The van der Waals surface area contributed by atoms with Gasteiger partial charge in [0, 0.05) is 24.2 Å². The van der Waals surface area contributed by atoms with Crippen molar-refractivity contribution in [2.45, 2.75) is 32.4 Å². The van der Waals surface area contributed by atoms with Crippen molar-refractivity contribution in [3.8, 4) is 11.4 Å². The Morgan fingerprint density at radius 2 is 1.97 bits per heavy atom. The first-order valence-corrected chi connectivity index (χ1v) is 8.93. The van der Waals surface area contributed by atoms with Crippen molar-refractivity contribution in [3.63, 3.8) is 0 Å². The molecule has 0 radical (unpaired) electrons. The Morgan fingerprint density at radius 3 is 2.62 bits per heavy atom. The zero-order valence-corrected chi connectivity index (χ0v) is 15.7. The number of halogens is 3. The van der Waals surface area contributed by atoms with Gasteiger partial charge in [0.15, 0.2) is 0 Å². The summed E-state index contributed by atoms with van der Waals surface area (Å²) in [6.07, 6.45) is -4.24. The summed E-state index contributed by atoms with van der Waals surface area (Å²) in [7, 11) is 0. The number of carbonyl (C=O) groups excluding carboxylic acids is 1. The summed E-state index contributed by atoms with van der Waals surface area (Å²) < 4.78 is 48.9. The first-order valence-electron chi connectivity index (χ1n) is 8.93. The normalized spacial score (nSPS) is 14.9. The number of aromatic nitrogens is 3. The minimum atomic E-state index is -4.45. The highest BCUT2D eigenvalue weighted by Gasteiger charge is 2.36. The van der Waals surface area contributed by atoms with E-state index in [-0.39, 0.29) is 29.6 Å². The molecule has 0 unspecified atom stereocenters. The Balaban J connectivity index is 1.40. The molecule has 2 aromatic heterocycles. The van der Waals surface area contributed by atoms with Crippen LogP contribution < -0.4 is 0 Å². The minimum absolute atomic E-state index is 0.0618. The van der Waals surface area contributed by atoms with E-state index in [0.717, 1.165) is 17.7 Å². The number of amides is 1. The second-order valence-corrected chi connectivity index (χ2v) is 7.01. The molecule has 1 amide bonds. The maximum absolute atomic E-state index is 12.9. The second kappa shape index (κ2) is 7.02. The number of rotatable bonds is 4. The predicted octanol–water partition coefficient (Wildman–Crippen LogP) is 3.53. The molecule has 1 aliphatic heterocycles. The van der Waals surface area contributed by atoms with E-state index in [9.17, 15) is 18.0 Å². The van der Waals surface area contributed by atoms with Gasteiger partial charge < -0.3 is 13.9 Å². The Hall–Kier alpha value is -3.17. The molecule has 10 heteroatoms. The monoisotopic (exact) mass is 406 g/mol. The molecule has 0 bridgehead atoms. The quantitative estimate of drug-likeness (QED) is 0.659. The Bertz CT molecular complexity index is 1030. The van der Waals surface area contributed by atoms with Crippen LogP contribution in [0.25, 0.3) is 11.4 Å². The molecule has 29 heavy (non-hydrogen) atoms. The van der Waals surface area contributed by atoms with Crippen molar-refractivity contribution >= 4 is 5.91 Å². The average Bonchev–Trinajstić information content (AvgIpc) is 3.22. The molecule has 152 valence electrons. The fraction of sp³-hybridized carbons (Fsp3) is 0.368. The third-order valence-electron chi connectivity index (χ3n) is 4.98. The summed E-state index contributed by atoms with van der Waals surface area (Å²) in [6, 6.07) is 4.75. The van der Waals surface area contributed by atoms with Crippen LogP contribution >= 0.6 is 0 Å². The van der Waals surface area contributed by atoms with Gasteiger partial charge >= 0.3 is 6.18 Å². The molecule has 1 saturated heterocycles. The highest BCUT2D eigenvalue weighted by molar-refractivity contribution is 5.80. The van der Waals surface area contributed by atoms with Gasteiger partial charge in [0.25, 0.3) is 0 Å².